The molecule has 2 aromatic rings. The maximum absolute atomic E-state index is 12.0. The molecule has 0 spiro atoms. The number of thiazole rings is 1. The highest BCUT2D eigenvalue weighted by Crippen LogP contribution is 2.17. The molecular formula is C13H16N6OS. The summed E-state index contributed by atoms with van der Waals surface area (Å²) >= 11 is 1.27. The van der Waals surface area contributed by atoms with Crippen molar-refractivity contribution < 1.29 is 4.79 Å². The number of carbonyl (C=O) groups excluding carboxylic acids is 1. The number of carbonyl (C=O) groups is 1. The fourth-order valence-corrected chi connectivity index (χ4v) is 2.90. The van der Waals surface area contributed by atoms with Gasteiger partial charge >= 0.3 is 0 Å². The predicted octanol–water partition coefficient (Wildman–Crippen LogP) is 0.914. The number of nitrogen functional groups attached to an aromatic ring is 1. The van der Waals surface area contributed by atoms with E-state index in [1.54, 1.807) is 24.0 Å². The van der Waals surface area contributed by atoms with Gasteiger partial charge < -0.3 is 16.0 Å². The Balaban J connectivity index is 1.53. The lowest BCUT2D eigenvalue weighted by atomic mass is 10.0. The van der Waals surface area contributed by atoms with Crippen LogP contribution in [-0.2, 0) is 0 Å². The van der Waals surface area contributed by atoms with Crippen molar-refractivity contribution >= 4 is 28.2 Å². The van der Waals surface area contributed by atoms with Crippen LogP contribution in [0.5, 0.6) is 0 Å². The van der Waals surface area contributed by atoms with Gasteiger partial charge in [-0.25, -0.2) is 9.97 Å². The molecule has 0 unspecified atom stereocenters. The first-order valence-corrected chi connectivity index (χ1v) is 7.63. The van der Waals surface area contributed by atoms with E-state index in [4.69, 9.17) is 5.73 Å². The molecular weight excluding hydrogens is 288 g/mol. The lowest BCUT2D eigenvalue weighted by Gasteiger charge is -2.32. The van der Waals surface area contributed by atoms with Gasteiger partial charge in [0.25, 0.3) is 5.91 Å². The highest BCUT2D eigenvalue weighted by Gasteiger charge is 2.22. The van der Waals surface area contributed by atoms with E-state index in [9.17, 15) is 4.79 Å². The van der Waals surface area contributed by atoms with Crippen LogP contribution in [0.3, 0.4) is 0 Å². The molecule has 2 aromatic heterocycles. The lowest BCUT2D eigenvalue weighted by molar-refractivity contribution is 0.0927. The number of hydrogen-bond acceptors (Lipinski definition) is 7. The fraction of sp³-hybridized carbons (Fsp3) is 0.385. The first-order chi connectivity index (χ1) is 10.2. The first kappa shape index (κ1) is 13.7. The van der Waals surface area contributed by atoms with Crippen molar-refractivity contribution in [3.8, 4) is 0 Å². The van der Waals surface area contributed by atoms with Crippen molar-refractivity contribution in [3.05, 3.63) is 29.7 Å². The summed E-state index contributed by atoms with van der Waals surface area (Å²) in [5.41, 5.74) is 5.94. The van der Waals surface area contributed by atoms with E-state index in [-0.39, 0.29) is 11.9 Å². The number of anilines is 2. The fourth-order valence-electron chi connectivity index (χ4n) is 2.36. The van der Waals surface area contributed by atoms with Crippen LogP contribution in [0.1, 0.15) is 23.3 Å². The van der Waals surface area contributed by atoms with E-state index in [0.717, 1.165) is 31.7 Å². The second kappa shape index (κ2) is 6.04. The van der Waals surface area contributed by atoms with Crippen molar-refractivity contribution in [2.24, 2.45) is 0 Å². The summed E-state index contributed by atoms with van der Waals surface area (Å²) in [6, 6.07) is 0.161. The SMILES string of the molecule is Nc1nc(C(=O)NC2CCN(c3cnccn3)CC2)cs1. The number of nitrogens with two attached hydrogens (primary N) is 1. The summed E-state index contributed by atoms with van der Waals surface area (Å²) in [5, 5.41) is 5.10. The number of aromatic nitrogens is 3. The highest BCUT2D eigenvalue weighted by molar-refractivity contribution is 7.13. The zero-order chi connectivity index (χ0) is 14.7. The van der Waals surface area contributed by atoms with Crippen LogP contribution in [0.4, 0.5) is 10.9 Å². The summed E-state index contributed by atoms with van der Waals surface area (Å²) in [6.45, 7) is 1.70. The Morgan fingerprint density at radius 3 is 2.81 bits per heavy atom. The average Bonchev–Trinajstić information content (AvgIpc) is 2.96. The van der Waals surface area contributed by atoms with Gasteiger partial charge in [-0.3, -0.25) is 9.78 Å². The highest BCUT2D eigenvalue weighted by atomic mass is 32.1. The van der Waals surface area contributed by atoms with Crippen LogP contribution in [0, 0.1) is 0 Å². The molecule has 1 fully saturated rings. The molecule has 0 aliphatic carbocycles. The summed E-state index contributed by atoms with van der Waals surface area (Å²) < 4.78 is 0. The predicted molar refractivity (Wildman–Crippen MR) is 81.3 cm³/mol. The molecule has 1 saturated heterocycles. The maximum atomic E-state index is 12.0. The molecule has 0 aromatic carbocycles. The van der Waals surface area contributed by atoms with Crippen molar-refractivity contribution in [1.82, 2.24) is 20.3 Å². The van der Waals surface area contributed by atoms with Crippen molar-refractivity contribution in [3.63, 3.8) is 0 Å². The number of amides is 1. The Labute approximate surface area is 126 Å². The Kier molecular flexibility index (Phi) is 3.96. The maximum Gasteiger partial charge on any atom is 0.271 e. The van der Waals surface area contributed by atoms with Crippen LogP contribution >= 0.6 is 11.3 Å². The van der Waals surface area contributed by atoms with Crippen LogP contribution in [0.2, 0.25) is 0 Å². The standard InChI is InChI=1S/C13H16N6OS/c14-13-18-10(8-21-13)12(20)17-9-1-5-19(6-2-9)11-7-15-3-4-16-11/h3-4,7-9H,1-2,5-6H2,(H2,14,18)(H,17,20). The quantitative estimate of drug-likeness (QED) is 0.875. The summed E-state index contributed by atoms with van der Waals surface area (Å²) in [5.74, 6) is 0.732. The number of piperidine rings is 1. The van der Waals surface area contributed by atoms with Crippen LogP contribution in [-0.4, -0.2) is 40.0 Å². The lowest BCUT2D eigenvalue weighted by Crippen LogP contribution is -2.45. The molecule has 1 aliphatic heterocycles. The van der Waals surface area contributed by atoms with E-state index in [0.29, 0.717) is 10.8 Å². The molecule has 8 heteroatoms. The van der Waals surface area contributed by atoms with Crippen molar-refractivity contribution in [2.45, 2.75) is 18.9 Å². The molecule has 110 valence electrons. The van der Waals surface area contributed by atoms with Crippen LogP contribution in [0.25, 0.3) is 0 Å². The minimum Gasteiger partial charge on any atom is -0.375 e. The monoisotopic (exact) mass is 304 g/mol. The van der Waals surface area contributed by atoms with Gasteiger partial charge in [0, 0.05) is 36.9 Å². The normalized spacial score (nSPS) is 15.9. The van der Waals surface area contributed by atoms with Gasteiger partial charge in [-0.2, -0.15) is 0 Å². The smallest absolute Gasteiger partial charge is 0.271 e. The zero-order valence-electron chi connectivity index (χ0n) is 11.4. The molecule has 0 radical (unpaired) electrons. The van der Waals surface area contributed by atoms with Gasteiger partial charge in [-0.15, -0.1) is 11.3 Å². The minimum atomic E-state index is -0.152. The second-order valence-corrected chi connectivity index (χ2v) is 5.76. The van der Waals surface area contributed by atoms with E-state index in [2.05, 4.69) is 25.2 Å². The molecule has 7 nitrogen and oxygen atoms in total. The summed E-state index contributed by atoms with van der Waals surface area (Å²) in [7, 11) is 0. The van der Waals surface area contributed by atoms with Gasteiger partial charge in [0.1, 0.15) is 11.5 Å². The van der Waals surface area contributed by atoms with E-state index < -0.39 is 0 Å². The van der Waals surface area contributed by atoms with Crippen molar-refractivity contribution in [2.75, 3.05) is 23.7 Å². The third kappa shape index (κ3) is 3.27. The Bertz CT molecular complexity index is 608. The first-order valence-electron chi connectivity index (χ1n) is 6.75. The molecule has 0 saturated carbocycles. The topological polar surface area (TPSA) is 97.0 Å². The van der Waals surface area contributed by atoms with Crippen molar-refractivity contribution in [1.29, 1.82) is 0 Å². The summed E-state index contributed by atoms with van der Waals surface area (Å²) in [4.78, 5) is 26.6. The van der Waals surface area contributed by atoms with E-state index >= 15 is 0 Å². The number of rotatable bonds is 3. The molecule has 0 atom stereocenters. The molecule has 1 amide bonds. The van der Waals surface area contributed by atoms with E-state index in [1.165, 1.54) is 11.3 Å². The van der Waals surface area contributed by atoms with Gasteiger partial charge in [0.05, 0.1) is 6.20 Å². The third-order valence-electron chi connectivity index (χ3n) is 3.46. The van der Waals surface area contributed by atoms with Gasteiger partial charge in [-0.05, 0) is 12.8 Å². The Hall–Kier alpha value is -2.22. The van der Waals surface area contributed by atoms with Crippen LogP contribution < -0.4 is 16.0 Å². The molecule has 21 heavy (non-hydrogen) atoms. The van der Waals surface area contributed by atoms with Gasteiger partial charge in [0.2, 0.25) is 0 Å². The average molecular weight is 304 g/mol. The zero-order valence-corrected chi connectivity index (χ0v) is 12.2. The summed E-state index contributed by atoms with van der Waals surface area (Å²) in [6.07, 6.45) is 6.87. The second-order valence-electron chi connectivity index (χ2n) is 4.87. The molecule has 3 N–H and O–H groups in total. The number of hydrogen-bond donors (Lipinski definition) is 2. The molecule has 0 bridgehead atoms. The van der Waals surface area contributed by atoms with Gasteiger partial charge in [-0.1, -0.05) is 0 Å². The third-order valence-corrected chi connectivity index (χ3v) is 4.13. The molecule has 1 aliphatic rings. The van der Waals surface area contributed by atoms with Gasteiger partial charge in [0.15, 0.2) is 5.13 Å². The Morgan fingerprint density at radius 1 is 1.38 bits per heavy atom. The van der Waals surface area contributed by atoms with E-state index in [1.807, 2.05) is 0 Å². The minimum absolute atomic E-state index is 0.152. The molecule has 3 heterocycles. The largest absolute Gasteiger partial charge is 0.375 e. The number of nitrogens with one attached hydrogen (secondary N) is 1. The molecule has 3 rings (SSSR count). The van der Waals surface area contributed by atoms with Crippen LogP contribution in [0.15, 0.2) is 24.0 Å². The Morgan fingerprint density at radius 2 is 2.19 bits per heavy atom. The number of nitrogens with zero attached hydrogens (tertiary/aromatic N) is 4.